The van der Waals surface area contributed by atoms with Crippen LogP contribution in [0.1, 0.15) is 37.3 Å². The maximum Gasteiger partial charge on any atom is 0.302 e. The largest absolute Gasteiger partial charge is 0.466 e. The van der Waals surface area contributed by atoms with Gasteiger partial charge < -0.3 is 9.84 Å². The van der Waals surface area contributed by atoms with Gasteiger partial charge in [0.05, 0.1) is 18.1 Å². The van der Waals surface area contributed by atoms with Crippen LogP contribution in [0.3, 0.4) is 0 Å². The van der Waals surface area contributed by atoms with Crippen LogP contribution < -0.4 is 0 Å². The van der Waals surface area contributed by atoms with E-state index in [-0.39, 0.29) is 24.3 Å². The zero-order chi connectivity index (χ0) is 21.4. The molecule has 0 unspecified atom stereocenters. The van der Waals surface area contributed by atoms with Gasteiger partial charge in [0.25, 0.3) is 0 Å². The van der Waals surface area contributed by atoms with Gasteiger partial charge >= 0.3 is 5.97 Å². The summed E-state index contributed by atoms with van der Waals surface area (Å²) in [6.45, 7) is 1.52. The fourth-order valence-corrected chi connectivity index (χ4v) is 4.32. The van der Waals surface area contributed by atoms with Crippen LogP contribution in [0.25, 0.3) is 0 Å². The summed E-state index contributed by atoms with van der Waals surface area (Å²) in [7, 11) is 0. The molecular weight excluding hydrogens is 376 g/mol. The van der Waals surface area contributed by atoms with E-state index in [2.05, 4.69) is 0 Å². The molecule has 0 saturated heterocycles. The fourth-order valence-electron chi connectivity index (χ4n) is 4.32. The second kappa shape index (κ2) is 10.4. The SMILES string of the molecule is CC(=O)OC[C@@H]1CC=C[C@@](O)(CCc2ccccc2)[C@H]1C(=O)CCc1ccccc1. The Hall–Kier alpha value is -2.72. The number of carbonyl (C=O) groups excluding carboxylic acids is 2. The van der Waals surface area contributed by atoms with E-state index in [0.717, 1.165) is 11.1 Å². The number of allylic oxidation sites excluding steroid dienone is 1. The first-order valence-corrected chi connectivity index (χ1v) is 10.6. The summed E-state index contributed by atoms with van der Waals surface area (Å²) in [5.74, 6) is -1.15. The number of rotatable bonds is 9. The zero-order valence-electron chi connectivity index (χ0n) is 17.5. The molecule has 0 aliphatic heterocycles. The van der Waals surface area contributed by atoms with Gasteiger partial charge in [0.2, 0.25) is 0 Å². The third-order valence-corrected chi connectivity index (χ3v) is 5.86. The van der Waals surface area contributed by atoms with Gasteiger partial charge in [-0.1, -0.05) is 72.8 Å². The van der Waals surface area contributed by atoms with Crippen LogP contribution in [0.4, 0.5) is 0 Å². The number of esters is 1. The summed E-state index contributed by atoms with van der Waals surface area (Å²) in [6, 6.07) is 19.9. The van der Waals surface area contributed by atoms with Crippen LogP contribution in [-0.2, 0) is 27.2 Å². The second-order valence-corrected chi connectivity index (χ2v) is 8.11. The zero-order valence-corrected chi connectivity index (χ0v) is 17.5. The third kappa shape index (κ3) is 5.90. The highest BCUT2D eigenvalue weighted by molar-refractivity contribution is 5.83. The van der Waals surface area contributed by atoms with E-state index in [4.69, 9.17) is 4.74 Å². The van der Waals surface area contributed by atoms with Gasteiger partial charge in [-0.25, -0.2) is 0 Å². The molecule has 4 nitrogen and oxygen atoms in total. The van der Waals surface area contributed by atoms with E-state index < -0.39 is 11.5 Å². The van der Waals surface area contributed by atoms with Crippen LogP contribution in [0.5, 0.6) is 0 Å². The molecule has 0 fully saturated rings. The number of benzene rings is 2. The molecule has 3 atom stereocenters. The van der Waals surface area contributed by atoms with Crippen molar-refractivity contribution in [2.45, 2.75) is 44.6 Å². The molecule has 158 valence electrons. The normalized spacial score (nSPS) is 23.1. The quantitative estimate of drug-likeness (QED) is 0.498. The molecule has 0 heterocycles. The average molecular weight is 407 g/mol. The molecule has 3 rings (SSSR count). The maximum atomic E-state index is 13.3. The van der Waals surface area contributed by atoms with E-state index in [1.807, 2.05) is 66.7 Å². The molecule has 0 amide bonds. The summed E-state index contributed by atoms with van der Waals surface area (Å²) in [5, 5.41) is 11.5. The minimum Gasteiger partial charge on any atom is -0.466 e. The lowest BCUT2D eigenvalue weighted by atomic mass is 9.68. The molecule has 4 heteroatoms. The molecule has 0 bridgehead atoms. The van der Waals surface area contributed by atoms with Crippen LogP contribution >= 0.6 is 0 Å². The third-order valence-electron chi connectivity index (χ3n) is 5.86. The summed E-state index contributed by atoms with van der Waals surface area (Å²) >= 11 is 0. The van der Waals surface area contributed by atoms with Gasteiger partial charge in [-0.2, -0.15) is 0 Å². The fraction of sp³-hybridized carbons (Fsp3) is 0.385. The summed E-state index contributed by atoms with van der Waals surface area (Å²) in [6.07, 6.45) is 6.42. The predicted octanol–water partition coefficient (Wildman–Crippen LogP) is 4.31. The number of hydrogen-bond donors (Lipinski definition) is 1. The Balaban J connectivity index is 1.76. The topological polar surface area (TPSA) is 63.6 Å². The number of ether oxygens (including phenoxy) is 1. The molecule has 2 aromatic carbocycles. The van der Waals surface area contributed by atoms with Crippen LogP contribution in [-0.4, -0.2) is 29.1 Å². The lowest BCUT2D eigenvalue weighted by molar-refractivity contribution is -0.148. The molecule has 2 aromatic rings. The number of hydrogen-bond acceptors (Lipinski definition) is 4. The highest BCUT2D eigenvalue weighted by atomic mass is 16.5. The standard InChI is InChI=1S/C26H30O4/c1-20(27)30-19-23-13-8-17-26(29,18-16-22-11-6-3-7-12-22)25(23)24(28)15-14-21-9-4-2-5-10-21/h2-12,17,23,25,29H,13-16,18-19H2,1H3/t23-,25+,26+/m0/s1. The average Bonchev–Trinajstić information content (AvgIpc) is 2.76. The number of carbonyl (C=O) groups is 2. The van der Waals surface area contributed by atoms with E-state index in [0.29, 0.717) is 32.1 Å². The molecule has 0 radical (unpaired) electrons. The Morgan fingerprint density at radius 1 is 1.00 bits per heavy atom. The number of aliphatic hydroxyl groups is 1. The van der Waals surface area contributed by atoms with Gasteiger partial charge in [0.1, 0.15) is 5.78 Å². The number of Topliss-reactive ketones (excluding diaryl/α,β-unsaturated/α-hetero) is 1. The molecule has 1 N–H and O–H groups in total. The summed E-state index contributed by atoms with van der Waals surface area (Å²) in [5.41, 5.74) is 0.977. The molecule has 1 aliphatic carbocycles. The van der Waals surface area contributed by atoms with Gasteiger partial charge in [-0.15, -0.1) is 0 Å². The van der Waals surface area contributed by atoms with Gasteiger partial charge in [0, 0.05) is 19.3 Å². The lowest BCUT2D eigenvalue weighted by Crippen LogP contribution is -2.48. The molecule has 1 aliphatic rings. The highest BCUT2D eigenvalue weighted by Gasteiger charge is 2.45. The van der Waals surface area contributed by atoms with Crippen molar-refractivity contribution >= 4 is 11.8 Å². The number of ketones is 1. The first-order valence-electron chi connectivity index (χ1n) is 10.6. The van der Waals surface area contributed by atoms with Crippen molar-refractivity contribution in [2.75, 3.05) is 6.61 Å². The second-order valence-electron chi connectivity index (χ2n) is 8.11. The molecular formula is C26H30O4. The van der Waals surface area contributed by atoms with E-state index >= 15 is 0 Å². The minimum absolute atomic E-state index is 0.0240. The maximum absolute atomic E-state index is 13.3. The minimum atomic E-state index is -1.24. The van der Waals surface area contributed by atoms with Crippen molar-refractivity contribution in [3.05, 3.63) is 83.9 Å². The van der Waals surface area contributed by atoms with Gasteiger partial charge in [-0.05, 0) is 36.8 Å². The van der Waals surface area contributed by atoms with Crippen molar-refractivity contribution in [3.8, 4) is 0 Å². The monoisotopic (exact) mass is 406 g/mol. The van der Waals surface area contributed by atoms with Crippen molar-refractivity contribution < 1.29 is 19.4 Å². The van der Waals surface area contributed by atoms with Crippen molar-refractivity contribution in [1.82, 2.24) is 0 Å². The Bertz CT molecular complexity index is 859. The Labute approximate surface area is 178 Å². The molecule has 0 aromatic heterocycles. The summed E-state index contributed by atoms with van der Waals surface area (Å²) in [4.78, 5) is 24.7. The van der Waals surface area contributed by atoms with Crippen LogP contribution in [0.2, 0.25) is 0 Å². The van der Waals surface area contributed by atoms with Gasteiger partial charge in [-0.3, -0.25) is 9.59 Å². The van der Waals surface area contributed by atoms with Crippen molar-refractivity contribution in [2.24, 2.45) is 11.8 Å². The Kier molecular flexibility index (Phi) is 7.58. The number of aryl methyl sites for hydroxylation is 2. The van der Waals surface area contributed by atoms with Crippen LogP contribution in [0, 0.1) is 11.8 Å². The highest BCUT2D eigenvalue weighted by Crippen LogP contribution is 2.38. The van der Waals surface area contributed by atoms with Crippen molar-refractivity contribution in [3.63, 3.8) is 0 Å². The van der Waals surface area contributed by atoms with E-state index in [1.54, 1.807) is 6.08 Å². The Morgan fingerprint density at radius 2 is 1.60 bits per heavy atom. The molecule has 30 heavy (non-hydrogen) atoms. The van der Waals surface area contributed by atoms with Gasteiger partial charge in [0.15, 0.2) is 0 Å². The summed E-state index contributed by atoms with van der Waals surface area (Å²) < 4.78 is 5.24. The predicted molar refractivity (Wildman–Crippen MR) is 117 cm³/mol. The first-order chi connectivity index (χ1) is 14.5. The Morgan fingerprint density at radius 3 is 2.20 bits per heavy atom. The van der Waals surface area contributed by atoms with Crippen molar-refractivity contribution in [1.29, 1.82) is 0 Å². The lowest BCUT2D eigenvalue weighted by Gasteiger charge is -2.40. The molecule has 0 saturated carbocycles. The smallest absolute Gasteiger partial charge is 0.302 e. The van der Waals surface area contributed by atoms with E-state index in [1.165, 1.54) is 6.92 Å². The van der Waals surface area contributed by atoms with Crippen LogP contribution in [0.15, 0.2) is 72.8 Å². The van der Waals surface area contributed by atoms with E-state index in [9.17, 15) is 14.7 Å². The first kappa shape index (κ1) is 22.0. The molecule has 0 spiro atoms.